The number of nitrogens with zero attached hydrogens (tertiary/aromatic N) is 2. The fourth-order valence-electron chi connectivity index (χ4n) is 2.81. The second-order valence-electron chi connectivity index (χ2n) is 9.24. The van der Waals surface area contributed by atoms with E-state index in [-0.39, 0.29) is 11.5 Å². The summed E-state index contributed by atoms with van der Waals surface area (Å²) in [6, 6.07) is 5.40. The molecule has 0 heterocycles. The summed E-state index contributed by atoms with van der Waals surface area (Å²) in [5.41, 5.74) is -1.09. The zero-order valence-corrected chi connectivity index (χ0v) is 20.2. The van der Waals surface area contributed by atoms with Crippen LogP contribution in [0.5, 0.6) is 5.75 Å². The van der Waals surface area contributed by atoms with Gasteiger partial charge in [-0.3, -0.25) is 9.59 Å². The maximum atomic E-state index is 13.3. The molecule has 0 saturated heterocycles. The zero-order chi connectivity index (χ0) is 24.7. The van der Waals surface area contributed by atoms with E-state index in [1.807, 2.05) is 6.07 Å². The summed E-state index contributed by atoms with van der Waals surface area (Å²) in [6.07, 6.45) is -0.824. The third-order valence-electron chi connectivity index (χ3n) is 3.94. The lowest BCUT2D eigenvalue weighted by Gasteiger charge is -2.34. The molecule has 0 bridgehead atoms. The van der Waals surface area contributed by atoms with Crippen LogP contribution >= 0.6 is 12.6 Å². The van der Waals surface area contributed by atoms with Gasteiger partial charge in [-0.05, 0) is 59.2 Å². The smallest absolute Gasteiger partial charge is 0.408 e. The number of carbonyl (C=O) groups excluding carboxylic acids is 3. The van der Waals surface area contributed by atoms with Crippen LogP contribution in [0.1, 0.15) is 53.1 Å². The van der Waals surface area contributed by atoms with Crippen molar-refractivity contribution in [1.29, 1.82) is 5.26 Å². The molecule has 0 saturated carbocycles. The molecule has 10 heteroatoms. The maximum absolute atomic E-state index is 13.3. The molecule has 0 aliphatic rings. The van der Waals surface area contributed by atoms with E-state index < -0.39 is 47.7 Å². The average molecular weight is 465 g/mol. The third-order valence-corrected chi connectivity index (χ3v) is 4.31. The Hall–Kier alpha value is -2.93. The normalized spacial score (nSPS) is 13.3. The molecule has 2 atom stereocenters. The molecule has 0 aliphatic heterocycles. The van der Waals surface area contributed by atoms with E-state index in [9.17, 15) is 24.8 Å². The number of alkyl carbamates (subject to hydrolysis) is 1. The SMILES string of the molecule is CC(C)(C)NC(=O)C(c1cccc(O)c1)N(CC#N)C(=O)C(CS)NC(=O)OC(C)(C)C. The van der Waals surface area contributed by atoms with Crippen molar-refractivity contribution < 1.29 is 24.2 Å². The highest BCUT2D eigenvalue weighted by molar-refractivity contribution is 7.80. The van der Waals surface area contributed by atoms with E-state index in [1.165, 1.54) is 18.2 Å². The van der Waals surface area contributed by atoms with Gasteiger partial charge in [-0.25, -0.2) is 4.79 Å². The van der Waals surface area contributed by atoms with Crippen molar-refractivity contribution in [3.05, 3.63) is 29.8 Å². The van der Waals surface area contributed by atoms with Gasteiger partial charge in [0.25, 0.3) is 0 Å². The van der Waals surface area contributed by atoms with E-state index in [1.54, 1.807) is 47.6 Å². The first-order valence-corrected chi connectivity index (χ1v) is 10.7. The molecule has 3 amide bonds. The van der Waals surface area contributed by atoms with Crippen LogP contribution in [0.4, 0.5) is 4.79 Å². The summed E-state index contributed by atoms with van der Waals surface area (Å²) in [7, 11) is 0. The molecule has 2 unspecified atom stereocenters. The highest BCUT2D eigenvalue weighted by atomic mass is 32.1. The Labute approximate surface area is 194 Å². The molecule has 1 aromatic carbocycles. The Bertz CT molecular complexity index is 870. The predicted molar refractivity (Wildman–Crippen MR) is 123 cm³/mol. The highest BCUT2D eigenvalue weighted by Crippen LogP contribution is 2.26. The van der Waals surface area contributed by atoms with Crippen LogP contribution in [-0.4, -0.2) is 57.4 Å². The number of benzene rings is 1. The number of hydrogen-bond acceptors (Lipinski definition) is 7. The molecule has 32 heavy (non-hydrogen) atoms. The average Bonchev–Trinajstić information content (AvgIpc) is 2.62. The van der Waals surface area contributed by atoms with Crippen molar-refractivity contribution in [2.45, 2.75) is 64.8 Å². The van der Waals surface area contributed by atoms with Crippen molar-refractivity contribution in [3.63, 3.8) is 0 Å². The summed E-state index contributed by atoms with van der Waals surface area (Å²) in [5.74, 6) is -1.42. The van der Waals surface area contributed by atoms with Gasteiger partial charge >= 0.3 is 6.09 Å². The van der Waals surface area contributed by atoms with Gasteiger partial charge in [-0.1, -0.05) is 12.1 Å². The third kappa shape index (κ3) is 8.67. The number of rotatable bonds is 7. The largest absolute Gasteiger partial charge is 0.508 e. The molecule has 9 nitrogen and oxygen atoms in total. The van der Waals surface area contributed by atoms with Crippen LogP contribution in [0.25, 0.3) is 0 Å². The van der Waals surface area contributed by atoms with Gasteiger partial charge in [0.15, 0.2) is 0 Å². The van der Waals surface area contributed by atoms with Gasteiger partial charge in [0.05, 0.1) is 6.07 Å². The summed E-state index contributed by atoms with van der Waals surface area (Å²) >= 11 is 4.16. The van der Waals surface area contributed by atoms with E-state index in [4.69, 9.17) is 4.74 Å². The molecule has 0 aliphatic carbocycles. The van der Waals surface area contributed by atoms with Crippen LogP contribution in [0.3, 0.4) is 0 Å². The standard InChI is InChI=1S/C22H32N4O5S/c1-21(2,3)25-18(28)17(14-8-7-9-15(27)12-14)26(11-10-23)19(29)16(13-32)24-20(30)31-22(4,5)6/h7-9,12,16-17,27,32H,11,13H2,1-6H3,(H,24,30)(H,25,28). The van der Waals surface area contributed by atoms with Gasteiger partial charge in [0.1, 0.15) is 30.0 Å². The Morgan fingerprint density at radius 3 is 2.31 bits per heavy atom. The van der Waals surface area contributed by atoms with E-state index in [2.05, 4.69) is 23.3 Å². The fourth-order valence-corrected chi connectivity index (χ4v) is 3.06. The Morgan fingerprint density at radius 2 is 1.84 bits per heavy atom. The second kappa shape index (κ2) is 11.1. The molecular weight excluding hydrogens is 432 g/mol. The predicted octanol–water partition coefficient (Wildman–Crippen LogP) is 2.52. The van der Waals surface area contributed by atoms with Gasteiger partial charge in [0.2, 0.25) is 11.8 Å². The minimum absolute atomic E-state index is 0.0896. The Morgan fingerprint density at radius 1 is 1.22 bits per heavy atom. The van der Waals surface area contributed by atoms with Crippen LogP contribution in [0.2, 0.25) is 0 Å². The van der Waals surface area contributed by atoms with Crippen molar-refractivity contribution >= 4 is 30.5 Å². The molecule has 0 fully saturated rings. The van der Waals surface area contributed by atoms with Gasteiger partial charge in [0, 0.05) is 11.3 Å². The first kappa shape index (κ1) is 27.1. The lowest BCUT2D eigenvalue weighted by atomic mass is 10.0. The van der Waals surface area contributed by atoms with Crippen LogP contribution in [-0.2, 0) is 14.3 Å². The molecular formula is C22H32N4O5S. The monoisotopic (exact) mass is 464 g/mol. The Kier molecular flexibility index (Phi) is 9.39. The first-order valence-electron chi connectivity index (χ1n) is 10.1. The summed E-state index contributed by atoms with van der Waals surface area (Å²) in [4.78, 5) is 39.8. The van der Waals surface area contributed by atoms with Crippen LogP contribution in [0.15, 0.2) is 24.3 Å². The maximum Gasteiger partial charge on any atom is 0.408 e. The van der Waals surface area contributed by atoms with Crippen LogP contribution < -0.4 is 10.6 Å². The van der Waals surface area contributed by atoms with Crippen molar-refractivity contribution in [2.75, 3.05) is 12.3 Å². The molecule has 3 N–H and O–H groups in total. The minimum atomic E-state index is -1.23. The molecule has 1 rings (SSSR count). The highest BCUT2D eigenvalue weighted by Gasteiger charge is 2.37. The molecule has 176 valence electrons. The number of carbonyl (C=O) groups is 3. The van der Waals surface area contributed by atoms with Crippen LogP contribution in [0, 0.1) is 11.3 Å². The number of phenols is 1. The number of aromatic hydroxyl groups is 1. The number of ether oxygens (including phenoxy) is 1. The minimum Gasteiger partial charge on any atom is -0.508 e. The van der Waals surface area contributed by atoms with Gasteiger partial charge in [-0.15, -0.1) is 0 Å². The second-order valence-corrected chi connectivity index (χ2v) is 9.61. The zero-order valence-electron chi connectivity index (χ0n) is 19.3. The molecule has 1 aromatic rings. The van der Waals surface area contributed by atoms with E-state index in [0.29, 0.717) is 5.56 Å². The van der Waals surface area contributed by atoms with E-state index >= 15 is 0 Å². The number of phenolic OH excluding ortho intramolecular Hbond substituents is 1. The fraction of sp³-hybridized carbons (Fsp3) is 0.545. The lowest BCUT2D eigenvalue weighted by molar-refractivity contribution is -0.141. The molecule has 0 spiro atoms. The first-order chi connectivity index (χ1) is 14.7. The van der Waals surface area contributed by atoms with Crippen molar-refractivity contribution in [3.8, 4) is 11.8 Å². The number of thiol groups is 1. The number of amides is 3. The van der Waals surface area contributed by atoms with Crippen molar-refractivity contribution in [1.82, 2.24) is 15.5 Å². The van der Waals surface area contributed by atoms with E-state index in [0.717, 1.165) is 4.90 Å². The quantitative estimate of drug-likeness (QED) is 0.362. The number of hydrogen-bond donors (Lipinski definition) is 4. The summed E-state index contributed by atoms with van der Waals surface area (Å²) < 4.78 is 5.20. The van der Waals surface area contributed by atoms with Gasteiger partial charge < -0.3 is 25.4 Å². The number of nitriles is 1. The van der Waals surface area contributed by atoms with Gasteiger partial charge in [-0.2, -0.15) is 17.9 Å². The summed E-state index contributed by atoms with van der Waals surface area (Å²) in [5, 5.41) is 24.6. The number of nitrogens with one attached hydrogen (secondary N) is 2. The lowest BCUT2D eigenvalue weighted by Crippen LogP contribution is -2.55. The topological polar surface area (TPSA) is 132 Å². The molecule has 0 radical (unpaired) electrons. The van der Waals surface area contributed by atoms with Crippen molar-refractivity contribution in [2.24, 2.45) is 0 Å². The molecule has 0 aromatic heterocycles. The Balaban J connectivity index is 3.36. The summed E-state index contributed by atoms with van der Waals surface area (Å²) in [6.45, 7) is 9.95.